The number of para-hydroxylation sites is 1. The lowest BCUT2D eigenvalue weighted by Crippen LogP contribution is -3.00. The van der Waals surface area contributed by atoms with Gasteiger partial charge in [0.2, 0.25) is 17.1 Å². The van der Waals surface area contributed by atoms with Gasteiger partial charge in [-0.25, -0.2) is 4.79 Å². The number of hydrogen-bond donors (Lipinski definition) is 0. The van der Waals surface area contributed by atoms with E-state index >= 15 is 0 Å². The maximum atomic E-state index is 11.5. The molecule has 0 radical (unpaired) electrons. The summed E-state index contributed by atoms with van der Waals surface area (Å²) in [7, 11) is 0. The predicted octanol–water partition coefficient (Wildman–Crippen LogP) is -0.936. The topological polar surface area (TPSA) is 30.2 Å². The summed E-state index contributed by atoms with van der Waals surface area (Å²) in [4.78, 5) is 11.5. The summed E-state index contributed by atoms with van der Waals surface area (Å²) in [5, 5.41) is 1.12. The van der Waals surface area contributed by atoms with Crippen LogP contribution in [0.4, 0.5) is 0 Å². The van der Waals surface area contributed by atoms with Crippen LogP contribution in [0.1, 0.15) is 11.9 Å². The summed E-state index contributed by atoms with van der Waals surface area (Å²) < 4.78 is 8.16. The van der Waals surface area contributed by atoms with Crippen molar-refractivity contribution in [2.45, 2.75) is 20.4 Å². The first-order valence-electron chi connectivity index (χ1n) is 5.26. The van der Waals surface area contributed by atoms with Crippen molar-refractivity contribution in [1.82, 2.24) is 0 Å². The van der Waals surface area contributed by atoms with Gasteiger partial charge in [-0.3, -0.25) is 0 Å². The normalized spacial score (nSPS) is 10.0. The number of halogens is 1. The minimum Gasteiger partial charge on any atom is -1.00 e. The van der Waals surface area contributed by atoms with Crippen LogP contribution in [0.25, 0.3) is 10.2 Å². The van der Waals surface area contributed by atoms with E-state index in [0.717, 1.165) is 10.5 Å². The number of aryl methyl sites for hydroxylation is 1. The molecule has 2 aromatic rings. The smallest absolute Gasteiger partial charge is 0.372 e. The molecule has 0 N–H and O–H groups in total. The molecule has 0 aliphatic heterocycles. The van der Waals surface area contributed by atoms with Gasteiger partial charge in [-0.05, 0) is 13.0 Å². The van der Waals surface area contributed by atoms with Crippen molar-refractivity contribution >= 4 is 27.5 Å². The summed E-state index contributed by atoms with van der Waals surface area (Å²) in [6.45, 7) is 4.56. The third kappa shape index (κ3) is 3.04. The van der Waals surface area contributed by atoms with Gasteiger partial charge in [0.15, 0.2) is 0 Å². The Morgan fingerprint density at radius 1 is 1.41 bits per heavy atom. The highest BCUT2D eigenvalue weighted by Crippen LogP contribution is 2.18. The van der Waals surface area contributed by atoms with Gasteiger partial charge in [0, 0.05) is 13.0 Å². The Morgan fingerprint density at radius 2 is 2.12 bits per heavy atom. The van der Waals surface area contributed by atoms with E-state index in [2.05, 4.69) is 6.07 Å². The zero-order valence-corrected chi connectivity index (χ0v) is 12.2. The standard InChI is InChI=1S/C12H14NO2S.BrH/c1-3-15-12(14)8-13-9(2)16-11-7-5-4-6-10(11)13;/h4-7H,3,8H2,1-2H3;1H/q+1;/p-1. The number of ether oxygens (including phenoxy) is 1. The molecule has 0 spiro atoms. The van der Waals surface area contributed by atoms with Gasteiger partial charge < -0.3 is 21.7 Å². The average Bonchev–Trinajstić information content (AvgIpc) is 2.56. The van der Waals surface area contributed by atoms with Crippen LogP contribution in [0.2, 0.25) is 0 Å². The number of esters is 1. The molecular weight excluding hydrogens is 302 g/mol. The molecule has 3 nitrogen and oxygen atoms in total. The fraction of sp³-hybridized carbons (Fsp3) is 0.333. The van der Waals surface area contributed by atoms with Crippen molar-refractivity contribution in [1.29, 1.82) is 0 Å². The molecule has 0 saturated carbocycles. The van der Waals surface area contributed by atoms with Gasteiger partial charge >= 0.3 is 5.97 Å². The highest BCUT2D eigenvalue weighted by Gasteiger charge is 2.20. The molecule has 0 atom stereocenters. The Kier molecular flexibility index (Phi) is 5.08. The lowest BCUT2D eigenvalue weighted by molar-refractivity contribution is -0.661. The highest BCUT2D eigenvalue weighted by molar-refractivity contribution is 7.18. The van der Waals surface area contributed by atoms with E-state index in [1.807, 2.05) is 36.6 Å². The van der Waals surface area contributed by atoms with E-state index in [1.54, 1.807) is 11.3 Å². The third-order valence-electron chi connectivity index (χ3n) is 2.39. The van der Waals surface area contributed by atoms with Crippen molar-refractivity contribution < 1.29 is 31.1 Å². The van der Waals surface area contributed by atoms with Crippen LogP contribution in [0.5, 0.6) is 0 Å². The lowest BCUT2D eigenvalue weighted by Gasteiger charge is -1.98. The number of aromatic nitrogens is 1. The number of thiazole rings is 1. The minimum atomic E-state index is -0.181. The van der Waals surface area contributed by atoms with Crippen molar-refractivity contribution in [3.05, 3.63) is 29.3 Å². The predicted molar refractivity (Wildman–Crippen MR) is 63.4 cm³/mol. The number of hydrogen-bond acceptors (Lipinski definition) is 3. The fourth-order valence-electron chi connectivity index (χ4n) is 1.68. The minimum absolute atomic E-state index is 0. The fourth-order valence-corrected chi connectivity index (χ4v) is 2.70. The molecule has 0 aliphatic carbocycles. The molecule has 5 heteroatoms. The van der Waals surface area contributed by atoms with Crippen LogP contribution in [-0.4, -0.2) is 12.6 Å². The quantitative estimate of drug-likeness (QED) is 0.541. The summed E-state index contributed by atoms with van der Waals surface area (Å²) in [5.74, 6) is -0.181. The zero-order chi connectivity index (χ0) is 11.5. The second kappa shape index (κ2) is 6.12. The maximum Gasteiger partial charge on any atom is 0.372 e. The number of fused-ring (bicyclic) bond motifs is 1. The number of nitrogens with zero attached hydrogens (tertiary/aromatic N) is 1. The number of carbonyl (C=O) groups excluding carboxylic acids is 1. The van der Waals surface area contributed by atoms with E-state index < -0.39 is 0 Å². The SMILES string of the molecule is CCOC(=O)C[n+]1c(C)sc2ccccc21.[Br-]. The molecule has 17 heavy (non-hydrogen) atoms. The Hall–Kier alpha value is -0.940. The molecule has 0 saturated heterocycles. The van der Waals surface area contributed by atoms with Crippen LogP contribution >= 0.6 is 11.3 Å². The van der Waals surface area contributed by atoms with Gasteiger partial charge in [0.25, 0.3) is 0 Å². The van der Waals surface area contributed by atoms with E-state index in [-0.39, 0.29) is 23.0 Å². The first-order valence-corrected chi connectivity index (χ1v) is 6.07. The maximum absolute atomic E-state index is 11.5. The summed E-state index contributed by atoms with van der Waals surface area (Å²) in [6, 6.07) is 8.08. The average molecular weight is 316 g/mol. The molecule has 92 valence electrons. The molecule has 1 aromatic carbocycles. The van der Waals surface area contributed by atoms with Gasteiger partial charge in [-0.2, -0.15) is 4.57 Å². The second-order valence-electron chi connectivity index (χ2n) is 3.48. The second-order valence-corrected chi connectivity index (χ2v) is 4.71. The molecule has 0 unspecified atom stereocenters. The van der Waals surface area contributed by atoms with Crippen LogP contribution < -0.4 is 21.5 Å². The van der Waals surface area contributed by atoms with Crippen LogP contribution in [0, 0.1) is 6.92 Å². The van der Waals surface area contributed by atoms with E-state index in [0.29, 0.717) is 13.2 Å². The monoisotopic (exact) mass is 315 g/mol. The molecule has 0 aliphatic rings. The molecule has 1 heterocycles. The van der Waals surface area contributed by atoms with Crippen molar-refractivity contribution in [2.24, 2.45) is 0 Å². The van der Waals surface area contributed by atoms with Crippen LogP contribution in [0.3, 0.4) is 0 Å². The van der Waals surface area contributed by atoms with Crippen molar-refractivity contribution in [2.75, 3.05) is 6.61 Å². The molecule has 0 bridgehead atoms. The third-order valence-corrected chi connectivity index (χ3v) is 3.47. The van der Waals surface area contributed by atoms with Crippen molar-refractivity contribution in [3.63, 3.8) is 0 Å². The Morgan fingerprint density at radius 3 is 2.82 bits per heavy atom. The molecular formula is C12H14BrNO2S. The van der Waals surface area contributed by atoms with E-state index in [1.165, 1.54) is 4.70 Å². The summed E-state index contributed by atoms with van der Waals surface area (Å²) >= 11 is 1.69. The number of benzene rings is 1. The Labute approximate surface area is 115 Å². The number of carbonyl (C=O) groups is 1. The Bertz CT molecular complexity index is 524. The first kappa shape index (κ1) is 14.1. The first-order chi connectivity index (χ1) is 7.72. The highest BCUT2D eigenvalue weighted by atomic mass is 79.9. The Balaban J connectivity index is 0.00000144. The molecule has 1 aromatic heterocycles. The molecule has 0 amide bonds. The number of rotatable bonds is 3. The van der Waals surface area contributed by atoms with Gasteiger partial charge in [0.05, 0.1) is 6.61 Å². The summed E-state index contributed by atoms with van der Waals surface area (Å²) in [6.07, 6.45) is 0. The van der Waals surface area contributed by atoms with Gasteiger partial charge in [0.1, 0.15) is 4.70 Å². The molecule has 0 fully saturated rings. The van der Waals surface area contributed by atoms with Crippen LogP contribution in [-0.2, 0) is 16.1 Å². The summed E-state index contributed by atoms with van der Waals surface area (Å²) in [5.41, 5.74) is 1.10. The van der Waals surface area contributed by atoms with Crippen molar-refractivity contribution in [3.8, 4) is 0 Å². The van der Waals surface area contributed by atoms with Gasteiger partial charge in [-0.15, -0.1) is 0 Å². The largest absolute Gasteiger partial charge is 1.00 e. The molecule has 2 rings (SSSR count). The van der Waals surface area contributed by atoms with E-state index in [4.69, 9.17) is 4.74 Å². The van der Waals surface area contributed by atoms with E-state index in [9.17, 15) is 4.79 Å². The lowest BCUT2D eigenvalue weighted by atomic mass is 10.3. The van der Waals surface area contributed by atoms with Crippen LogP contribution in [0.15, 0.2) is 24.3 Å². The zero-order valence-electron chi connectivity index (χ0n) is 9.77. The van der Waals surface area contributed by atoms with Gasteiger partial charge in [-0.1, -0.05) is 23.5 Å².